The fraction of sp³-hybridized carbons (Fsp3) is 0.435. The molecule has 1 aromatic heterocycles. The molecular weight excluding hydrogens is 432 g/mol. The lowest BCUT2D eigenvalue weighted by molar-refractivity contribution is -0.103. The van der Waals surface area contributed by atoms with E-state index in [1.165, 1.54) is 0 Å². The van der Waals surface area contributed by atoms with Crippen LogP contribution in [-0.4, -0.2) is 68.7 Å². The van der Waals surface area contributed by atoms with Crippen LogP contribution in [0.4, 0.5) is 5.69 Å². The van der Waals surface area contributed by atoms with E-state index in [-0.39, 0.29) is 17.4 Å². The number of methoxy groups -OCH3 is 1. The zero-order valence-corrected chi connectivity index (χ0v) is 18.8. The zero-order valence-electron chi connectivity index (χ0n) is 18.1. The Morgan fingerprint density at radius 1 is 1.28 bits per heavy atom. The maximum absolute atomic E-state index is 12.6. The molecule has 2 aromatic rings. The molecule has 4 rings (SSSR count). The second-order valence-electron chi connectivity index (χ2n) is 8.33. The van der Waals surface area contributed by atoms with Gasteiger partial charge in [0.1, 0.15) is 24.8 Å². The molecular formula is C23H27ClN4O4. The van der Waals surface area contributed by atoms with Gasteiger partial charge >= 0.3 is 0 Å². The lowest BCUT2D eigenvalue weighted by atomic mass is 9.61. The van der Waals surface area contributed by atoms with Crippen LogP contribution in [0.2, 0.25) is 5.02 Å². The minimum atomic E-state index is -0.101. The summed E-state index contributed by atoms with van der Waals surface area (Å²) in [7, 11) is 1.61. The van der Waals surface area contributed by atoms with Gasteiger partial charge < -0.3 is 19.5 Å². The van der Waals surface area contributed by atoms with Crippen molar-refractivity contribution < 1.29 is 19.0 Å². The minimum absolute atomic E-state index is 0.101. The van der Waals surface area contributed by atoms with Crippen molar-refractivity contribution in [2.24, 2.45) is 10.4 Å². The van der Waals surface area contributed by atoms with E-state index in [1.54, 1.807) is 37.6 Å². The number of hydrogen-bond acceptors (Lipinski definition) is 7. The normalized spacial score (nSPS) is 17.3. The first kappa shape index (κ1) is 22.5. The van der Waals surface area contributed by atoms with Crippen LogP contribution in [0.5, 0.6) is 11.6 Å². The molecule has 8 nitrogen and oxygen atoms in total. The first-order chi connectivity index (χ1) is 15.5. The molecule has 0 atom stereocenters. The SMILES string of the molecule is C=Nc1cc(Cl)ccc1OCN1CC2(CC(NC(=O)c3ccnc(OCCOC)c3)C2)C1. The van der Waals surface area contributed by atoms with Crippen LogP contribution in [0.3, 0.4) is 0 Å². The lowest BCUT2D eigenvalue weighted by Crippen LogP contribution is -2.66. The minimum Gasteiger partial charge on any atom is -0.476 e. The monoisotopic (exact) mass is 458 g/mol. The Kier molecular flexibility index (Phi) is 6.93. The van der Waals surface area contributed by atoms with Crippen LogP contribution >= 0.6 is 11.6 Å². The summed E-state index contributed by atoms with van der Waals surface area (Å²) in [6.07, 6.45) is 3.52. The summed E-state index contributed by atoms with van der Waals surface area (Å²) >= 11 is 5.99. The van der Waals surface area contributed by atoms with Gasteiger partial charge in [-0.3, -0.25) is 14.7 Å². The van der Waals surface area contributed by atoms with Gasteiger partial charge in [-0.05, 0) is 49.2 Å². The molecule has 2 heterocycles. The van der Waals surface area contributed by atoms with Gasteiger partial charge in [0.2, 0.25) is 5.88 Å². The fourth-order valence-corrected chi connectivity index (χ4v) is 4.53. The lowest BCUT2D eigenvalue weighted by Gasteiger charge is -2.58. The summed E-state index contributed by atoms with van der Waals surface area (Å²) in [5.74, 6) is 0.993. The first-order valence-corrected chi connectivity index (χ1v) is 10.9. The molecule has 0 bridgehead atoms. The van der Waals surface area contributed by atoms with Crippen LogP contribution in [-0.2, 0) is 4.74 Å². The molecule has 0 radical (unpaired) electrons. The number of pyridine rings is 1. The zero-order chi connectivity index (χ0) is 22.6. The van der Waals surface area contributed by atoms with E-state index in [0.717, 1.165) is 25.9 Å². The number of ether oxygens (including phenoxy) is 3. The third-order valence-electron chi connectivity index (χ3n) is 5.84. The van der Waals surface area contributed by atoms with Crippen molar-refractivity contribution in [2.75, 3.05) is 40.1 Å². The van der Waals surface area contributed by atoms with Gasteiger partial charge in [-0.2, -0.15) is 0 Å². The second-order valence-corrected chi connectivity index (χ2v) is 8.77. The standard InChI is InChI=1S/C23H27ClN4O4/c1-25-19-10-17(24)3-4-20(19)32-15-28-13-23(14-28)11-18(12-23)27-22(29)16-5-6-26-21(9-16)31-8-7-30-2/h3-6,9-10,18H,1,7-8,11-15H2,2H3,(H,27,29). The van der Waals surface area contributed by atoms with Crippen LogP contribution in [0.1, 0.15) is 23.2 Å². The number of rotatable bonds is 10. The Morgan fingerprint density at radius 2 is 2.09 bits per heavy atom. The van der Waals surface area contributed by atoms with Gasteiger partial charge in [-0.1, -0.05) is 11.6 Å². The fourth-order valence-electron chi connectivity index (χ4n) is 4.36. The summed E-state index contributed by atoms with van der Waals surface area (Å²) < 4.78 is 16.3. The second kappa shape index (κ2) is 9.85. The topological polar surface area (TPSA) is 85.3 Å². The van der Waals surface area contributed by atoms with E-state index in [4.69, 9.17) is 25.8 Å². The highest BCUT2D eigenvalue weighted by atomic mass is 35.5. The number of hydrogen-bond donors (Lipinski definition) is 1. The number of amides is 1. The molecule has 1 saturated heterocycles. The summed E-state index contributed by atoms with van der Waals surface area (Å²) in [6.45, 7) is 6.82. The smallest absolute Gasteiger partial charge is 0.251 e. The molecule has 2 aliphatic rings. The number of likely N-dealkylation sites (tertiary alicyclic amines) is 1. The van der Waals surface area contributed by atoms with E-state index in [1.807, 2.05) is 6.07 Å². The van der Waals surface area contributed by atoms with Crippen molar-refractivity contribution >= 4 is 29.9 Å². The van der Waals surface area contributed by atoms with Gasteiger partial charge in [-0.15, -0.1) is 0 Å². The highest BCUT2D eigenvalue weighted by Crippen LogP contribution is 2.48. The van der Waals surface area contributed by atoms with Gasteiger partial charge in [0.15, 0.2) is 0 Å². The molecule has 1 N–H and O–H groups in total. The number of halogens is 1. The van der Waals surface area contributed by atoms with Gasteiger partial charge in [0, 0.05) is 49.1 Å². The molecule has 170 valence electrons. The molecule has 1 spiro atoms. The maximum Gasteiger partial charge on any atom is 0.251 e. The third kappa shape index (κ3) is 5.20. The number of aliphatic imine (C=N–C) groups is 1. The Balaban J connectivity index is 1.19. The predicted octanol–water partition coefficient (Wildman–Crippen LogP) is 3.32. The highest BCUT2D eigenvalue weighted by Gasteiger charge is 2.52. The van der Waals surface area contributed by atoms with E-state index in [2.05, 4.69) is 26.9 Å². The third-order valence-corrected chi connectivity index (χ3v) is 6.08. The van der Waals surface area contributed by atoms with Crippen molar-refractivity contribution in [1.29, 1.82) is 0 Å². The van der Waals surface area contributed by atoms with Crippen LogP contribution in [0.25, 0.3) is 0 Å². The predicted molar refractivity (Wildman–Crippen MR) is 122 cm³/mol. The molecule has 1 saturated carbocycles. The molecule has 1 aliphatic carbocycles. The Bertz CT molecular complexity index is 972. The van der Waals surface area contributed by atoms with Crippen LogP contribution < -0.4 is 14.8 Å². The van der Waals surface area contributed by atoms with E-state index in [0.29, 0.717) is 47.8 Å². The van der Waals surface area contributed by atoms with E-state index in [9.17, 15) is 4.79 Å². The summed E-state index contributed by atoms with van der Waals surface area (Å²) in [6, 6.07) is 8.86. The van der Waals surface area contributed by atoms with Crippen molar-refractivity contribution in [3.63, 3.8) is 0 Å². The highest BCUT2D eigenvalue weighted by molar-refractivity contribution is 6.30. The summed E-state index contributed by atoms with van der Waals surface area (Å²) in [5.41, 5.74) is 1.46. The van der Waals surface area contributed by atoms with Crippen molar-refractivity contribution in [2.45, 2.75) is 18.9 Å². The Morgan fingerprint density at radius 3 is 2.84 bits per heavy atom. The molecule has 1 aliphatic heterocycles. The number of aromatic nitrogens is 1. The molecule has 32 heavy (non-hydrogen) atoms. The average Bonchev–Trinajstić information content (AvgIpc) is 2.74. The van der Waals surface area contributed by atoms with E-state index >= 15 is 0 Å². The number of benzene rings is 1. The molecule has 1 aromatic carbocycles. The van der Waals surface area contributed by atoms with Crippen LogP contribution in [0, 0.1) is 5.41 Å². The molecule has 9 heteroatoms. The summed E-state index contributed by atoms with van der Waals surface area (Å²) in [5, 5.41) is 3.72. The quantitative estimate of drug-likeness (QED) is 0.434. The number of nitrogens with zero attached hydrogens (tertiary/aromatic N) is 3. The van der Waals surface area contributed by atoms with E-state index < -0.39 is 0 Å². The number of carbonyl (C=O) groups excluding carboxylic acids is 1. The van der Waals surface area contributed by atoms with Gasteiger partial charge in [0.05, 0.1) is 6.61 Å². The Labute approximate surface area is 192 Å². The molecule has 1 amide bonds. The maximum atomic E-state index is 12.6. The molecule has 2 fully saturated rings. The van der Waals surface area contributed by atoms with Crippen molar-refractivity contribution in [3.8, 4) is 11.6 Å². The van der Waals surface area contributed by atoms with Crippen LogP contribution in [0.15, 0.2) is 41.5 Å². The van der Waals surface area contributed by atoms with Crippen molar-refractivity contribution in [1.82, 2.24) is 15.2 Å². The largest absolute Gasteiger partial charge is 0.476 e. The van der Waals surface area contributed by atoms with Crippen molar-refractivity contribution in [3.05, 3.63) is 47.1 Å². The first-order valence-electron chi connectivity index (χ1n) is 10.5. The van der Waals surface area contributed by atoms with Gasteiger partial charge in [-0.25, -0.2) is 4.98 Å². The number of nitrogens with one attached hydrogen (secondary N) is 1. The Hall–Kier alpha value is -2.68. The summed E-state index contributed by atoms with van der Waals surface area (Å²) in [4.78, 5) is 22.9. The average molecular weight is 459 g/mol. The number of carbonyl (C=O) groups is 1. The molecule has 0 unspecified atom stereocenters. The van der Waals surface area contributed by atoms with Gasteiger partial charge in [0.25, 0.3) is 5.91 Å².